The average molecular weight is 556 g/mol. The number of urea groups is 1. The van der Waals surface area contributed by atoms with Crippen LogP contribution in [0.1, 0.15) is 45.7 Å². The minimum Gasteiger partial charge on any atom is -0.503 e. The van der Waals surface area contributed by atoms with E-state index in [4.69, 9.17) is 14.2 Å². The summed E-state index contributed by atoms with van der Waals surface area (Å²) in [4.78, 5) is 39.8. The summed E-state index contributed by atoms with van der Waals surface area (Å²) in [7, 11) is 2.92. The van der Waals surface area contributed by atoms with Crippen LogP contribution in [0.25, 0.3) is 0 Å². The molecule has 3 amide bonds. The molecule has 0 bridgehead atoms. The van der Waals surface area contributed by atoms with Crippen molar-refractivity contribution in [3.63, 3.8) is 0 Å². The van der Waals surface area contributed by atoms with Crippen LogP contribution in [0.3, 0.4) is 0 Å². The molecular formula is C24H34BrN3O7. The highest BCUT2D eigenvalue weighted by molar-refractivity contribution is 9.10. The maximum Gasteiger partial charge on any atom is 0.338 e. The van der Waals surface area contributed by atoms with Crippen molar-refractivity contribution in [3.05, 3.63) is 33.4 Å². The second kappa shape index (κ2) is 12.3. The predicted molar refractivity (Wildman–Crippen MR) is 133 cm³/mol. The molecule has 1 aromatic carbocycles. The number of hydrogen-bond donors (Lipinski definition) is 3. The molecule has 0 aromatic heterocycles. The van der Waals surface area contributed by atoms with E-state index in [2.05, 4.69) is 26.6 Å². The first-order chi connectivity index (χ1) is 16.4. The smallest absolute Gasteiger partial charge is 0.338 e. The summed E-state index contributed by atoms with van der Waals surface area (Å²) in [6.07, 6.45) is 0.645. The number of carbonyl (C=O) groups is 3. The number of esters is 1. The summed E-state index contributed by atoms with van der Waals surface area (Å²) in [5.41, 5.74) is 0.935. The van der Waals surface area contributed by atoms with E-state index in [0.717, 1.165) is 0 Å². The Bertz CT molecular complexity index is 988. The second-order valence-corrected chi connectivity index (χ2v) is 10.2. The van der Waals surface area contributed by atoms with Crippen molar-refractivity contribution in [2.75, 3.05) is 40.5 Å². The number of amides is 3. The normalized spacial score (nSPS) is 16.1. The lowest BCUT2D eigenvalue weighted by molar-refractivity contribution is -0.140. The molecule has 1 unspecified atom stereocenters. The van der Waals surface area contributed by atoms with Gasteiger partial charge in [-0.3, -0.25) is 9.69 Å². The topological polar surface area (TPSA) is 126 Å². The average Bonchev–Trinajstić information content (AvgIpc) is 2.77. The number of phenolic OH excluding ortho intramolecular Hbond substituents is 1. The number of nitrogens with zero attached hydrogens (tertiary/aromatic N) is 1. The number of phenols is 1. The lowest BCUT2D eigenvalue weighted by Gasteiger charge is -2.35. The molecule has 0 fully saturated rings. The first kappa shape index (κ1) is 28.4. The number of benzene rings is 1. The molecule has 0 saturated carbocycles. The van der Waals surface area contributed by atoms with Gasteiger partial charge in [0.15, 0.2) is 11.5 Å². The molecule has 10 nitrogen and oxygen atoms in total. The maximum atomic E-state index is 13.3. The molecule has 2 rings (SSSR count). The van der Waals surface area contributed by atoms with E-state index < -0.39 is 23.9 Å². The largest absolute Gasteiger partial charge is 0.503 e. The molecule has 1 aromatic rings. The summed E-state index contributed by atoms with van der Waals surface area (Å²) >= 11 is 3.28. The summed E-state index contributed by atoms with van der Waals surface area (Å²) < 4.78 is 16.1. The first-order valence-electron chi connectivity index (χ1n) is 11.2. The zero-order valence-electron chi connectivity index (χ0n) is 21.0. The molecule has 1 aliphatic rings. The van der Waals surface area contributed by atoms with Crippen molar-refractivity contribution in [3.8, 4) is 11.5 Å². The molecule has 1 aliphatic heterocycles. The van der Waals surface area contributed by atoms with Gasteiger partial charge in [-0.1, -0.05) is 20.8 Å². The van der Waals surface area contributed by atoms with Gasteiger partial charge in [0.05, 0.1) is 36.4 Å². The Kier molecular flexibility index (Phi) is 9.96. The van der Waals surface area contributed by atoms with Crippen molar-refractivity contribution in [2.24, 2.45) is 5.41 Å². The molecule has 0 aliphatic carbocycles. The lowest BCUT2D eigenvalue weighted by Crippen LogP contribution is -2.51. The standard InChI is InChI=1S/C24H34BrN3O7/c1-14-19(22(31)35-9-7-24(2,3)4)20(15-11-16(25)21(30)17(12-15)34-6)27-23(32)28(14)13-18(29)26-8-10-33-5/h11-12,20,30H,7-10,13H2,1-6H3,(H,26,29)(H,27,32). The number of ether oxygens (including phenoxy) is 3. The fraction of sp³-hybridized carbons (Fsp3) is 0.542. The van der Waals surface area contributed by atoms with Crippen molar-refractivity contribution in [2.45, 2.75) is 40.2 Å². The number of carbonyl (C=O) groups excluding carboxylic acids is 3. The zero-order chi connectivity index (χ0) is 26.3. The summed E-state index contributed by atoms with van der Waals surface area (Å²) in [6.45, 7) is 8.25. The van der Waals surface area contributed by atoms with E-state index >= 15 is 0 Å². The number of methoxy groups -OCH3 is 2. The van der Waals surface area contributed by atoms with Gasteiger partial charge in [-0.2, -0.15) is 0 Å². The Labute approximate surface area is 214 Å². The van der Waals surface area contributed by atoms with Gasteiger partial charge < -0.3 is 30.0 Å². The van der Waals surface area contributed by atoms with Crippen LogP contribution in [0.15, 0.2) is 27.9 Å². The minimum absolute atomic E-state index is 0.0363. The molecular weight excluding hydrogens is 522 g/mol. The summed E-state index contributed by atoms with van der Waals surface area (Å²) in [5, 5.41) is 15.6. The molecule has 11 heteroatoms. The maximum absolute atomic E-state index is 13.3. The number of halogens is 1. The van der Waals surface area contributed by atoms with Crippen LogP contribution in [-0.4, -0.2) is 68.4 Å². The van der Waals surface area contributed by atoms with Crippen molar-refractivity contribution in [1.82, 2.24) is 15.5 Å². The van der Waals surface area contributed by atoms with Gasteiger partial charge >= 0.3 is 12.0 Å². The highest BCUT2D eigenvalue weighted by Crippen LogP contribution is 2.40. The minimum atomic E-state index is -0.886. The van der Waals surface area contributed by atoms with Crippen LogP contribution in [0.4, 0.5) is 4.79 Å². The van der Waals surface area contributed by atoms with Crippen molar-refractivity contribution < 1.29 is 33.7 Å². The molecule has 0 saturated heterocycles. The zero-order valence-corrected chi connectivity index (χ0v) is 22.6. The number of allylic oxidation sites excluding steroid dienone is 1. The van der Waals surface area contributed by atoms with Crippen molar-refractivity contribution in [1.29, 1.82) is 0 Å². The number of nitrogens with one attached hydrogen (secondary N) is 2. The Morgan fingerprint density at radius 3 is 2.51 bits per heavy atom. The third-order valence-electron chi connectivity index (χ3n) is 5.44. The first-order valence-corrected chi connectivity index (χ1v) is 12.0. The van der Waals surface area contributed by atoms with Gasteiger partial charge in [-0.05, 0) is 52.4 Å². The van der Waals surface area contributed by atoms with Crippen molar-refractivity contribution >= 4 is 33.8 Å². The fourth-order valence-electron chi connectivity index (χ4n) is 3.42. The van der Waals surface area contributed by atoms with Gasteiger partial charge in [-0.25, -0.2) is 9.59 Å². The second-order valence-electron chi connectivity index (χ2n) is 9.31. The van der Waals surface area contributed by atoms with Crippen LogP contribution in [0.5, 0.6) is 11.5 Å². The Hall–Kier alpha value is -2.79. The molecule has 0 radical (unpaired) electrons. The molecule has 35 heavy (non-hydrogen) atoms. The van der Waals surface area contributed by atoms with Gasteiger partial charge in [0.2, 0.25) is 5.91 Å². The lowest BCUT2D eigenvalue weighted by atomic mass is 9.92. The van der Waals surface area contributed by atoms with Gasteiger partial charge in [0.25, 0.3) is 0 Å². The molecule has 1 atom stereocenters. The van der Waals surface area contributed by atoms with Crippen LogP contribution >= 0.6 is 15.9 Å². The summed E-state index contributed by atoms with van der Waals surface area (Å²) in [6, 6.07) is 1.69. The third-order valence-corrected chi connectivity index (χ3v) is 6.04. The summed E-state index contributed by atoms with van der Waals surface area (Å²) in [5.74, 6) is -0.946. The van der Waals surface area contributed by atoms with E-state index in [0.29, 0.717) is 35.3 Å². The molecule has 0 spiro atoms. The fourth-order valence-corrected chi connectivity index (χ4v) is 3.88. The Morgan fingerprint density at radius 1 is 1.23 bits per heavy atom. The van der Waals surface area contributed by atoms with Crippen LogP contribution in [0.2, 0.25) is 0 Å². The van der Waals surface area contributed by atoms with E-state index in [-0.39, 0.29) is 35.6 Å². The number of aromatic hydroxyl groups is 1. The molecule has 194 valence electrons. The Morgan fingerprint density at radius 2 is 1.91 bits per heavy atom. The quantitative estimate of drug-likeness (QED) is 0.298. The SMILES string of the molecule is COCCNC(=O)CN1C(=O)NC(c2cc(Br)c(O)c(OC)c2)C(C(=O)OCCC(C)(C)C)=C1C. The Balaban J connectivity index is 2.44. The van der Waals surface area contributed by atoms with Crippen LogP contribution in [0, 0.1) is 5.41 Å². The molecule has 1 heterocycles. The van der Waals surface area contributed by atoms with Crippen LogP contribution < -0.4 is 15.4 Å². The van der Waals surface area contributed by atoms with Crippen LogP contribution in [-0.2, 0) is 19.1 Å². The third kappa shape index (κ3) is 7.60. The monoisotopic (exact) mass is 555 g/mol. The predicted octanol–water partition coefficient (Wildman–Crippen LogP) is 3.25. The molecule has 3 N–H and O–H groups in total. The van der Waals surface area contributed by atoms with E-state index in [1.165, 1.54) is 25.2 Å². The number of hydrogen-bond acceptors (Lipinski definition) is 7. The van der Waals surface area contributed by atoms with E-state index in [1.54, 1.807) is 13.0 Å². The number of rotatable bonds is 10. The van der Waals surface area contributed by atoms with E-state index in [1.807, 2.05) is 20.8 Å². The highest BCUT2D eigenvalue weighted by atomic mass is 79.9. The van der Waals surface area contributed by atoms with Gasteiger partial charge in [-0.15, -0.1) is 0 Å². The van der Waals surface area contributed by atoms with E-state index in [9.17, 15) is 19.5 Å². The highest BCUT2D eigenvalue weighted by Gasteiger charge is 2.38. The van der Waals surface area contributed by atoms with Gasteiger partial charge in [0, 0.05) is 19.4 Å². The van der Waals surface area contributed by atoms with Gasteiger partial charge in [0.1, 0.15) is 6.54 Å².